The first-order valence-electron chi connectivity index (χ1n) is 9.28. The van der Waals surface area contributed by atoms with E-state index in [0.29, 0.717) is 25.8 Å². The minimum atomic E-state index is 0.0112. The van der Waals surface area contributed by atoms with Gasteiger partial charge in [-0.25, -0.2) is 0 Å². The number of hydrogen-bond acceptors (Lipinski definition) is 4. The van der Waals surface area contributed by atoms with Gasteiger partial charge in [0.15, 0.2) is 5.78 Å². The van der Waals surface area contributed by atoms with Crippen molar-refractivity contribution in [2.75, 3.05) is 19.6 Å². The maximum absolute atomic E-state index is 12.2. The van der Waals surface area contributed by atoms with E-state index in [-0.39, 0.29) is 17.7 Å². The number of thiophene rings is 1. The summed E-state index contributed by atoms with van der Waals surface area (Å²) in [4.78, 5) is 27.3. The monoisotopic (exact) mass is 372 g/mol. The van der Waals surface area contributed by atoms with Crippen molar-refractivity contribution in [2.24, 2.45) is 0 Å². The van der Waals surface area contributed by atoms with E-state index >= 15 is 0 Å². The van der Waals surface area contributed by atoms with E-state index < -0.39 is 0 Å². The standard InChI is InChI=1S/C21H28N2O2S/c1-3-23(4-2)18(17-10-6-5-7-11-17)16-22-21(25)14-8-12-19(24)20-13-9-15-26-20/h5-7,9-11,13,15,18H,3-4,8,12,14,16H2,1-2H3,(H,22,25). The van der Waals surface area contributed by atoms with Crippen LogP contribution in [0.15, 0.2) is 47.8 Å². The predicted octanol–water partition coefficient (Wildman–Crippen LogP) is 4.30. The van der Waals surface area contributed by atoms with Crippen LogP contribution in [0.2, 0.25) is 0 Å². The maximum atomic E-state index is 12.2. The molecule has 0 bridgehead atoms. The molecule has 0 saturated carbocycles. The van der Waals surface area contributed by atoms with Crippen LogP contribution in [0.3, 0.4) is 0 Å². The third-order valence-electron chi connectivity index (χ3n) is 4.53. The number of nitrogens with zero attached hydrogens (tertiary/aromatic N) is 1. The number of Topliss-reactive ketones (excluding diaryl/α,β-unsaturated/α-hetero) is 1. The van der Waals surface area contributed by atoms with Crippen molar-refractivity contribution < 1.29 is 9.59 Å². The minimum Gasteiger partial charge on any atom is -0.354 e. The van der Waals surface area contributed by atoms with Crippen molar-refractivity contribution >= 4 is 23.0 Å². The van der Waals surface area contributed by atoms with E-state index in [1.165, 1.54) is 16.9 Å². The summed E-state index contributed by atoms with van der Waals surface area (Å²) in [6, 6.07) is 14.2. The van der Waals surface area contributed by atoms with Gasteiger partial charge in [-0.15, -0.1) is 11.3 Å². The minimum absolute atomic E-state index is 0.0112. The molecule has 1 heterocycles. The molecule has 0 spiro atoms. The van der Waals surface area contributed by atoms with Crippen LogP contribution in [-0.2, 0) is 4.79 Å². The van der Waals surface area contributed by atoms with Gasteiger partial charge in [0.05, 0.1) is 10.9 Å². The molecule has 0 aliphatic rings. The van der Waals surface area contributed by atoms with Gasteiger partial charge >= 0.3 is 0 Å². The van der Waals surface area contributed by atoms with Gasteiger partial charge < -0.3 is 5.32 Å². The lowest BCUT2D eigenvalue weighted by molar-refractivity contribution is -0.121. The van der Waals surface area contributed by atoms with E-state index in [1.54, 1.807) is 0 Å². The fourth-order valence-electron chi connectivity index (χ4n) is 3.07. The van der Waals surface area contributed by atoms with E-state index in [0.717, 1.165) is 18.0 Å². The lowest BCUT2D eigenvalue weighted by atomic mass is 10.0. The second kappa shape index (κ2) is 10.9. The number of carbonyl (C=O) groups excluding carboxylic acids is 2. The Hall–Kier alpha value is -1.98. The molecule has 0 aliphatic carbocycles. The summed E-state index contributed by atoms with van der Waals surface area (Å²) >= 11 is 1.45. The molecule has 140 valence electrons. The molecule has 1 amide bonds. The smallest absolute Gasteiger partial charge is 0.220 e. The lowest BCUT2D eigenvalue weighted by Crippen LogP contribution is -2.38. The third kappa shape index (κ3) is 6.07. The largest absolute Gasteiger partial charge is 0.354 e. The summed E-state index contributed by atoms with van der Waals surface area (Å²) in [6.45, 7) is 6.72. The fourth-order valence-corrected chi connectivity index (χ4v) is 3.76. The topological polar surface area (TPSA) is 49.4 Å². The van der Waals surface area contributed by atoms with Gasteiger partial charge in [-0.1, -0.05) is 50.2 Å². The molecule has 2 aromatic rings. The number of ketones is 1. The number of carbonyl (C=O) groups is 2. The summed E-state index contributed by atoms with van der Waals surface area (Å²) in [6.07, 6.45) is 1.40. The Labute approximate surface area is 160 Å². The Bertz CT molecular complexity index is 667. The highest BCUT2D eigenvalue weighted by molar-refractivity contribution is 7.12. The highest BCUT2D eigenvalue weighted by atomic mass is 32.1. The Balaban J connectivity index is 1.82. The average molecular weight is 373 g/mol. The van der Waals surface area contributed by atoms with Crippen molar-refractivity contribution in [1.82, 2.24) is 10.2 Å². The van der Waals surface area contributed by atoms with Gasteiger partial charge in [0.2, 0.25) is 5.91 Å². The van der Waals surface area contributed by atoms with Crippen LogP contribution in [0, 0.1) is 0 Å². The van der Waals surface area contributed by atoms with Crippen molar-refractivity contribution in [3.05, 3.63) is 58.3 Å². The lowest BCUT2D eigenvalue weighted by Gasteiger charge is -2.30. The molecule has 1 atom stereocenters. The van der Waals surface area contributed by atoms with E-state index in [9.17, 15) is 9.59 Å². The zero-order valence-electron chi connectivity index (χ0n) is 15.6. The number of likely N-dealkylation sites (N-methyl/N-ethyl adjacent to an activating group) is 1. The molecule has 1 aromatic carbocycles. The van der Waals surface area contributed by atoms with Crippen LogP contribution < -0.4 is 5.32 Å². The van der Waals surface area contributed by atoms with Crippen LogP contribution in [-0.4, -0.2) is 36.2 Å². The van der Waals surface area contributed by atoms with Gasteiger partial charge in [0.25, 0.3) is 0 Å². The van der Waals surface area contributed by atoms with Crippen LogP contribution >= 0.6 is 11.3 Å². The Morgan fingerprint density at radius 1 is 1.04 bits per heavy atom. The van der Waals surface area contributed by atoms with Gasteiger partial charge in [-0.05, 0) is 36.5 Å². The SMILES string of the molecule is CCN(CC)C(CNC(=O)CCCC(=O)c1cccs1)c1ccccc1. The van der Waals surface area contributed by atoms with E-state index in [1.807, 2.05) is 35.7 Å². The zero-order valence-corrected chi connectivity index (χ0v) is 16.4. The second-order valence-corrected chi connectivity index (χ2v) is 7.15. The van der Waals surface area contributed by atoms with Crippen LogP contribution in [0.25, 0.3) is 0 Å². The molecule has 2 rings (SSSR count). The van der Waals surface area contributed by atoms with E-state index in [2.05, 4.69) is 36.2 Å². The first-order valence-corrected chi connectivity index (χ1v) is 10.2. The quantitative estimate of drug-likeness (QED) is 0.598. The molecule has 26 heavy (non-hydrogen) atoms. The first-order chi connectivity index (χ1) is 12.7. The Morgan fingerprint density at radius 3 is 2.38 bits per heavy atom. The van der Waals surface area contributed by atoms with E-state index in [4.69, 9.17) is 0 Å². The molecule has 1 N–H and O–H groups in total. The highest BCUT2D eigenvalue weighted by Gasteiger charge is 2.18. The molecule has 1 unspecified atom stereocenters. The van der Waals surface area contributed by atoms with Crippen LogP contribution in [0.5, 0.6) is 0 Å². The normalized spacial score (nSPS) is 12.1. The Morgan fingerprint density at radius 2 is 1.77 bits per heavy atom. The van der Waals surface area contributed by atoms with Gasteiger partial charge in [-0.3, -0.25) is 14.5 Å². The molecular formula is C21H28N2O2S. The number of amides is 1. The fraction of sp³-hybridized carbons (Fsp3) is 0.429. The summed E-state index contributed by atoms with van der Waals surface area (Å²) in [5.41, 5.74) is 1.21. The van der Waals surface area contributed by atoms with Crippen LogP contribution in [0.1, 0.15) is 54.4 Å². The number of nitrogens with one attached hydrogen (secondary N) is 1. The van der Waals surface area contributed by atoms with Crippen molar-refractivity contribution in [2.45, 2.75) is 39.2 Å². The Kier molecular flexibility index (Phi) is 8.51. The molecule has 4 nitrogen and oxygen atoms in total. The molecule has 0 saturated heterocycles. The van der Waals surface area contributed by atoms with Gasteiger partial charge in [-0.2, -0.15) is 0 Å². The summed E-state index contributed by atoms with van der Waals surface area (Å²) in [5, 5.41) is 4.95. The predicted molar refractivity (Wildman–Crippen MR) is 108 cm³/mol. The van der Waals surface area contributed by atoms with Crippen molar-refractivity contribution in [3.8, 4) is 0 Å². The zero-order chi connectivity index (χ0) is 18.8. The van der Waals surface area contributed by atoms with Crippen molar-refractivity contribution in [1.29, 1.82) is 0 Å². The van der Waals surface area contributed by atoms with Gasteiger partial charge in [0, 0.05) is 19.4 Å². The molecule has 0 fully saturated rings. The summed E-state index contributed by atoms with van der Waals surface area (Å²) in [5.74, 6) is 0.134. The average Bonchev–Trinajstić information content (AvgIpc) is 3.20. The highest BCUT2D eigenvalue weighted by Crippen LogP contribution is 2.19. The second-order valence-electron chi connectivity index (χ2n) is 6.21. The number of hydrogen-bond donors (Lipinski definition) is 1. The van der Waals surface area contributed by atoms with Gasteiger partial charge in [0.1, 0.15) is 0 Å². The molecule has 0 radical (unpaired) electrons. The molecule has 0 aliphatic heterocycles. The molecule has 1 aromatic heterocycles. The first kappa shape index (κ1) is 20.3. The van der Waals surface area contributed by atoms with Crippen LogP contribution in [0.4, 0.5) is 0 Å². The molecular weight excluding hydrogens is 344 g/mol. The third-order valence-corrected chi connectivity index (χ3v) is 5.44. The summed E-state index contributed by atoms with van der Waals surface area (Å²) < 4.78 is 0. The number of rotatable bonds is 11. The van der Waals surface area contributed by atoms with Crippen molar-refractivity contribution in [3.63, 3.8) is 0 Å². The maximum Gasteiger partial charge on any atom is 0.220 e. The molecule has 5 heteroatoms. The number of benzene rings is 1. The summed E-state index contributed by atoms with van der Waals surface area (Å²) in [7, 11) is 0.